The lowest BCUT2D eigenvalue weighted by atomic mass is 10.0. The number of carbonyl (C=O) groups is 2. The Labute approximate surface area is 118 Å². The highest BCUT2D eigenvalue weighted by Gasteiger charge is 2.31. The van der Waals surface area contributed by atoms with Gasteiger partial charge in [0, 0.05) is 17.8 Å². The molecule has 0 aliphatic heterocycles. The number of aliphatic hydroxyl groups is 1. The van der Waals surface area contributed by atoms with Crippen LogP contribution in [-0.4, -0.2) is 29.1 Å². The van der Waals surface area contributed by atoms with Gasteiger partial charge in [-0.05, 0) is 31.9 Å². The number of Topliss-reactive ketones (excluding diaryl/α,β-unsaturated/α-hetero) is 1. The van der Waals surface area contributed by atoms with Crippen LogP contribution in [0.15, 0.2) is 24.3 Å². The number of urea groups is 1. The van der Waals surface area contributed by atoms with Gasteiger partial charge >= 0.3 is 6.03 Å². The van der Waals surface area contributed by atoms with Crippen LogP contribution in [0.4, 0.5) is 10.5 Å². The van der Waals surface area contributed by atoms with Gasteiger partial charge in [0.15, 0.2) is 5.78 Å². The lowest BCUT2D eigenvalue weighted by Gasteiger charge is -2.22. The molecule has 108 valence electrons. The molecule has 2 amide bonds. The molecule has 0 aromatic heterocycles. The molecule has 0 radical (unpaired) electrons. The van der Waals surface area contributed by atoms with Gasteiger partial charge in [0.1, 0.15) is 0 Å². The number of ketones is 1. The van der Waals surface area contributed by atoms with E-state index < -0.39 is 5.60 Å². The summed E-state index contributed by atoms with van der Waals surface area (Å²) in [5.41, 5.74) is 0.351. The molecular formula is C15H20N2O3. The van der Waals surface area contributed by atoms with Gasteiger partial charge in [-0.15, -0.1) is 0 Å². The van der Waals surface area contributed by atoms with E-state index in [1.54, 1.807) is 24.3 Å². The number of amides is 2. The van der Waals surface area contributed by atoms with Gasteiger partial charge in [0.25, 0.3) is 0 Å². The molecule has 0 bridgehead atoms. The van der Waals surface area contributed by atoms with Crippen LogP contribution in [0, 0.1) is 0 Å². The number of anilines is 1. The third kappa shape index (κ3) is 3.81. The standard InChI is InChI=1S/C15H20N2O3/c1-11(18)12-5-4-6-13(9-12)17-14(19)16-10-15(20)7-2-3-8-15/h4-6,9,20H,2-3,7-8,10H2,1H3,(H2,16,17,19). The topological polar surface area (TPSA) is 78.4 Å². The fourth-order valence-corrected chi connectivity index (χ4v) is 2.45. The number of hydrogen-bond acceptors (Lipinski definition) is 3. The lowest BCUT2D eigenvalue weighted by Crippen LogP contribution is -2.42. The zero-order valence-corrected chi connectivity index (χ0v) is 11.6. The third-order valence-electron chi connectivity index (χ3n) is 3.64. The van der Waals surface area contributed by atoms with E-state index in [4.69, 9.17) is 0 Å². The summed E-state index contributed by atoms with van der Waals surface area (Å²) in [6.07, 6.45) is 3.46. The Balaban J connectivity index is 1.88. The molecule has 2 rings (SSSR count). The second-order valence-electron chi connectivity index (χ2n) is 5.38. The molecule has 0 unspecified atom stereocenters. The third-order valence-corrected chi connectivity index (χ3v) is 3.64. The maximum Gasteiger partial charge on any atom is 0.319 e. The molecule has 3 N–H and O–H groups in total. The number of carbonyl (C=O) groups excluding carboxylic acids is 2. The fraction of sp³-hybridized carbons (Fsp3) is 0.467. The molecule has 0 saturated heterocycles. The van der Waals surface area contributed by atoms with Crippen LogP contribution in [-0.2, 0) is 0 Å². The highest BCUT2D eigenvalue weighted by atomic mass is 16.3. The molecule has 1 aromatic carbocycles. The van der Waals surface area contributed by atoms with E-state index in [1.807, 2.05) is 0 Å². The predicted octanol–water partition coefficient (Wildman–Crippen LogP) is 2.32. The quantitative estimate of drug-likeness (QED) is 0.738. The minimum absolute atomic E-state index is 0.0469. The maximum atomic E-state index is 11.8. The average molecular weight is 276 g/mol. The maximum absolute atomic E-state index is 11.8. The van der Waals surface area contributed by atoms with E-state index in [9.17, 15) is 14.7 Å². The summed E-state index contributed by atoms with van der Waals surface area (Å²) in [4.78, 5) is 23.0. The van der Waals surface area contributed by atoms with Crippen LogP contribution < -0.4 is 10.6 Å². The van der Waals surface area contributed by atoms with E-state index in [1.165, 1.54) is 6.92 Å². The summed E-state index contributed by atoms with van der Waals surface area (Å²) in [5, 5.41) is 15.5. The van der Waals surface area contributed by atoms with Crippen molar-refractivity contribution < 1.29 is 14.7 Å². The van der Waals surface area contributed by atoms with Crippen LogP contribution in [0.2, 0.25) is 0 Å². The zero-order valence-electron chi connectivity index (χ0n) is 11.6. The molecule has 0 heterocycles. The van der Waals surface area contributed by atoms with Crippen molar-refractivity contribution in [3.8, 4) is 0 Å². The molecule has 5 nitrogen and oxygen atoms in total. The van der Waals surface area contributed by atoms with Crippen molar-refractivity contribution in [2.45, 2.75) is 38.2 Å². The first-order valence-corrected chi connectivity index (χ1v) is 6.87. The molecular weight excluding hydrogens is 256 g/mol. The first-order chi connectivity index (χ1) is 9.48. The number of nitrogens with one attached hydrogen (secondary N) is 2. The van der Waals surface area contributed by atoms with E-state index in [-0.39, 0.29) is 18.4 Å². The van der Waals surface area contributed by atoms with E-state index in [0.717, 1.165) is 25.7 Å². The second-order valence-corrected chi connectivity index (χ2v) is 5.38. The Morgan fingerprint density at radius 3 is 2.65 bits per heavy atom. The van der Waals surface area contributed by atoms with Crippen LogP contribution in [0.3, 0.4) is 0 Å². The Kier molecular flexibility index (Phi) is 4.39. The number of benzene rings is 1. The summed E-state index contributed by atoms with van der Waals surface area (Å²) in [6, 6.07) is 6.40. The van der Waals surface area contributed by atoms with Gasteiger partial charge in [0.05, 0.1) is 5.60 Å². The minimum atomic E-state index is -0.765. The molecule has 5 heteroatoms. The van der Waals surface area contributed by atoms with Crippen LogP contribution in [0.25, 0.3) is 0 Å². The van der Waals surface area contributed by atoms with Crippen molar-refractivity contribution in [3.05, 3.63) is 29.8 Å². The lowest BCUT2D eigenvalue weighted by molar-refractivity contribution is 0.0506. The predicted molar refractivity (Wildman–Crippen MR) is 76.9 cm³/mol. The summed E-state index contributed by atoms with van der Waals surface area (Å²) in [6.45, 7) is 1.74. The first kappa shape index (κ1) is 14.5. The van der Waals surface area contributed by atoms with Crippen LogP contribution in [0.1, 0.15) is 43.0 Å². The van der Waals surface area contributed by atoms with Crippen molar-refractivity contribution in [2.75, 3.05) is 11.9 Å². The Morgan fingerprint density at radius 2 is 2.00 bits per heavy atom. The van der Waals surface area contributed by atoms with Gasteiger partial charge in [0.2, 0.25) is 0 Å². The van der Waals surface area contributed by atoms with Gasteiger partial charge in [-0.25, -0.2) is 4.79 Å². The largest absolute Gasteiger partial charge is 0.388 e. The molecule has 0 atom stereocenters. The van der Waals surface area contributed by atoms with Gasteiger partial charge in [-0.2, -0.15) is 0 Å². The molecule has 1 aliphatic rings. The smallest absolute Gasteiger partial charge is 0.319 e. The van der Waals surface area contributed by atoms with Crippen LogP contribution >= 0.6 is 0 Å². The molecule has 1 aliphatic carbocycles. The Morgan fingerprint density at radius 1 is 1.30 bits per heavy atom. The van der Waals surface area contributed by atoms with Crippen molar-refractivity contribution in [1.82, 2.24) is 5.32 Å². The molecule has 1 aromatic rings. The summed E-state index contributed by atoms with van der Waals surface area (Å²) in [5.74, 6) is -0.0469. The first-order valence-electron chi connectivity index (χ1n) is 6.87. The Hall–Kier alpha value is -1.88. The molecule has 0 spiro atoms. The van der Waals surface area contributed by atoms with E-state index in [2.05, 4.69) is 10.6 Å². The summed E-state index contributed by atoms with van der Waals surface area (Å²) >= 11 is 0. The summed E-state index contributed by atoms with van der Waals surface area (Å²) in [7, 11) is 0. The monoisotopic (exact) mass is 276 g/mol. The Bertz CT molecular complexity index is 508. The second kappa shape index (κ2) is 6.05. The minimum Gasteiger partial charge on any atom is -0.388 e. The highest BCUT2D eigenvalue weighted by Crippen LogP contribution is 2.28. The van der Waals surface area contributed by atoms with Crippen LogP contribution in [0.5, 0.6) is 0 Å². The van der Waals surface area contributed by atoms with E-state index >= 15 is 0 Å². The van der Waals surface area contributed by atoms with Gasteiger partial charge in [-0.3, -0.25) is 4.79 Å². The SMILES string of the molecule is CC(=O)c1cccc(NC(=O)NCC2(O)CCCC2)c1. The normalized spacial score (nSPS) is 16.7. The number of hydrogen-bond donors (Lipinski definition) is 3. The van der Waals surface area contributed by atoms with Gasteiger partial charge in [-0.1, -0.05) is 25.0 Å². The van der Waals surface area contributed by atoms with E-state index in [0.29, 0.717) is 11.3 Å². The zero-order chi connectivity index (χ0) is 14.6. The van der Waals surface area contributed by atoms with Gasteiger partial charge < -0.3 is 15.7 Å². The number of rotatable bonds is 4. The average Bonchev–Trinajstić information content (AvgIpc) is 2.84. The van der Waals surface area contributed by atoms with Crippen molar-refractivity contribution in [2.24, 2.45) is 0 Å². The fourth-order valence-electron chi connectivity index (χ4n) is 2.45. The molecule has 20 heavy (non-hydrogen) atoms. The summed E-state index contributed by atoms with van der Waals surface area (Å²) < 4.78 is 0. The van der Waals surface area contributed by atoms with Crippen molar-refractivity contribution >= 4 is 17.5 Å². The highest BCUT2D eigenvalue weighted by molar-refractivity contribution is 5.96. The van der Waals surface area contributed by atoms with Crippen molar-refractivity contribution in [3.63, 3.8) is 0 Å². The van der Waals surface area contributed by atoms with Crippen molar-refractivity contribution in [1.29, 1.82) is 0 Å². The molecule has 1 fully saturated rings. The molecule has 1 saturated carbocycles.